The first-order chi connectivity index (χ1) is 9.27. The molecule has 1 aromatic carbocycles. The molecule has 108 valence electrons. The number of hydrogen-bond acceptors (Lipinski definition) is 3. The second-order valence-corrected chi connectivity index (χ2v) is 5.19. The molecule has 0 fully saturated rings. The van der Waals surface area contributed by atoms with Crippen LogP contribution in [0.15, 0.2) is 30.3 Å². The lowest BCUT2D eigenvalue weighted by Crippen LogP contribution is -2.47. The number of hydrogen-bond donors (Lipinski definition) is 2. The number of aliphatic hydroxyl groups is 1. The zero-order valence-electron chi connectivity index (χ0n) is 12.0. The Morgan fingerprint density at radius 3 is 2.30 bits per heavy atom. The van der Waals surface area contributed by atoms with Gasteiger partial charge in [0.05, 0.1) is 12.1 Å². The van der Waals surface area contributed by atoms with Crippen LogP contribution in [0.5, 0.6) is 0 Å². The molecule has 0 radical (unpaired) electrons. The van der Waals surface area contributed by atoms with E-state index in [2.05, 4.69) is 0 Å². The Morgan fingerprint density at radius 1 is 1.30 bits per heavy atom. The normalized spacial score (nSPS) is 11.6. The van der Waals surface area contributed by atoms with E-state index >= 15 is 0 Å². The van der Waals surface area contributed by atoms with E-state index in [4.69, 9.17) is 5.73 Å². The monoisotopic (exact) mass is 276 g/mol. The Balaban J connectivity index is 2.77. The molecule has 0 saturated heterocycles. The molecule has 0 bridgehead atoms. The van der Waals surface area contributed by atoms with Crippen molar-refractivity contribution < 1.29 is 14.7 Å². The van der Waals surface area contributed by atoms with Gasteiger partial charge in [0, 0.05) is 18.7 Å². The van der Waals surface area contributed by atoms with Gasteiger partial charge < -0.3 is 15.7 Å². The van der Waals surface area contributed by atoms with Crippen molar-refractivity contribution in [2.24, 2.45) is 5.73 Å². The van der Waals surface area contributed by atoms with Gasteiger partial charge in [0.1, 0.15) is 0 Å². The number of aliphatic hydroxyl groups excluding tert-OH is 1. The predicted octanol–water partition coefficient (Wildman–Crippen LogP) is 1.03. The highest BCUT2D eigenvalue weighted by molar-refractivity contribution is 5.94. The molecular formula is C15H20N2O3. The number of carbonyl (C=O) groups excluding carboxylic acids is 2. The van der Waals surface area contributed by atoms with E-state index in [1.165, 1.54) is 11.0 Å². The highest BCUT2D eigenvalue weighted by Crippen LogP contribution is 2.12. The molecule has 0 spiro atoms. The highest BCUT2D eigenvalue weighted by atomic mass is 16.3. The number of nitrogens with zero attached hydrogens (tertiary/aromatic N) is 1. The fourth-order valence-electron chi connectivity index (χ4n) is 1.44. The molecule has 2 amide bonds. The second kappa shape index (κ2) is 6.34. The molecule has 3 N–H and O–H groups in total. The summed E-state index contributed by atoms with van der Waals surface area (Å²) in [6.45, 7) is 3.44. The number of likely N-dealkylation sites (N-methyl/N-ethyl adjacent to an activating group) is 1. The Labute approximate surface area is 118 Å². The maximum atomic E-state index is 12.0. The minimum Gasteiger partial charge on any atom is -0.394 e. The number of nitrogens with two attached hydrogens (primary N) is 1. The van der Waals surface area contributed by atoms with Crippen molar-refractivity contribution in [2.75, 3.05) is 13.7 Å². The molecule has 0 aliphatic carbocycles. The Morgan fingerprint density at radius 2 is 1.85 bits per heavy atom. The standard InChI is InChI=1S/C15H20N2O3/c1-15(2,10-18)17(3)13(19)9-6-11-4-7-12(8-5-11)14(16)20/h4-9,18H,10H2,1-3H3,(H2,16,20)/b9-6+. The van der Waals surface area contributed by atoms with Crippen LogP contribution in [0, 0.1) is 0 Å². The fraction of sp³-hybridized carbons (Fsp3) is 0.333. The van der Waals surface area contributed by atoms with Crippen LogP contribution in [0.1, 0.15) is 29.8 Å². The van der Waals surface area contributed by atoms with Gasteiger partial charge in [-0.2, -0.15) is 0 Å². The molecular weight excluding hydrogens is 256 g/mol. The van der Waals surface area contributed by atoms with Crippen molar-refractivity contribution in [3.05, 3.63) is 41.5 Å². The summed E-state index contributed by atoms with van der Waals surface area (Å²) < 4.78 is 0. The van der Waals surface area contributed by atoms with Crippen molar-refractivity contribution in [1.29, 1.82) is 0 Å². The van der Waals surface area contributed by atoms with E-state index in [9.17, 15) is 14.7 Å². The van der Waals surface area contributed by atoms with Crippen LogP contribution in [-0.4, -0.2) is 41.0 Å². The average molecular weight is 276 g/mol. The molecule has 0 atom stereocenters. The third kappa shape index (κ3) is 3.93. The lowest BCUT2D eigenvalue weighted by Gasteiger charge is -2.33. The molecule has 1 aromatic rings. The number of benzene rings is 1. The van der Waals surface area contributed by atoms with Gasteiger partial charge in [0.25, 0.3) is 0 Å². The van der Waals surface area contributed by atoms with Gasteiger partial charge in [-0.1, -0.05) is 12.1 Å². The lowest BCUT2D eigenvalue weighted by molar-refractivity contribution is -0.130. The third-order valence-corrected chi connectivity index (χ3v) is 3.24. The topological polar surface area (TPSA) is 83.6 Å². The van der Waals surface area contributed by atoms with E-state index < -0.39 is 11.4 Å². The lowest BCUT2D eigenvalue weighted by atomic mass is 10.0. The van der Waals surface area contributed by atoms with Crippen LogP contribution in [-0.2, 0) is 4.79 Å². The molecule has 0 saturated carbocycles. The van der Waals surface area contributed by atoms with Crippen LogP contribution in [0.25, 0.3) is 6.08 Å². The van der Waals surface area contributed by atoms with E-state index in [1.54, 1.807) is 51.2 Å². The Kier molecular flexibility index (Phi) is 5.05. The SMILES string of the molecule is CN(C(=O)/C=C/c1ccc(C(N)=O)cc1)C(C)(C)CO. The Bertz CT molecular complexity index is 518. The summed E-state index contributed by atoms with van der Waals surface area (Å²) in [7, 11) is 1.64. The van der Waals surface area contributed by atoms with Crippen molar-refractivity contribution >= 4 is 17.9 Å². The molecule has 0 unspecified atom stereocenters. The van der Waals surface area contributed by atoms with E-state index in [0.29, 0.717) is 5.56 Å². The predicted molar refractivity (Wildman–Crippen MR) is 77.9 cm³/mol. The molecule has 5 heteroatoms. The Hall–Kier alpha value is -2.14. The van der Waals surface area contributed by atoms with Crippen molar-refractivity contribution in [3.8, 4) is 0 Å². The van der Waals surface area contributed by atoms with Gasteiger partial charge >= 0.3 is 0 Å². The van der Waals surface area contributed by atoms with Gasteiger partial charge in [-0.15, -0.1) is 0 Å². The first-order valence-corrected chi connectivity index (χ1v) is 6.24. The molecule has 0 aliphatic heterocycles. The summed E-state index contributed by atoms with van der Waals surface area (Å²) in [5, 5.41) is 9.22. The average Bonchev–Trinajstić information content (AvgIpc) is 2.44. The van der Waals surface area contributed by atoms with E-state index in [1.807, 2.05) is 0 Å². The van der Waals surface area contributed by atoms with E-state index in [-0.39, 0.29) is 12.5 Å². The molecule has 0 heterocycles. The van der Waals surface area contributed by atoms with Gasteiger partial charge in [-0.3, -0.25) is 9.59 Å². The van der Waals surface area contributed by atoms with Gasteiger partial charge in [0.15, 0.2) is 0 Å². The summed E-state index contributed by atoms with van der Waals surface area (Å²) in [6, 6.07) is 6.63. The molecule has 0 aromatic heterocycles. The summed E-state index contributed by atoms with van der Waals surface area (Å²) in [5.41, 5.74) is 5.75. The van der Waals surface area contributed by atoms with Crippen LogP contribution >= 0.6 is 0 Å². The molecule has 5 nitrogen and oxygen atoms in total. The number of amides is 2. The largest absolute Gasteiger partial charge is 0.394 e. The molecule has 0 aliphatic rings. The summed E-state index contributed by atoms with van der Waals surface area (Å²) in [4.78, 5) is 24.4. The molecule has 1 rings (SSSR count). The maximum Gasteiger partial charge on any atom is 0.248 e. The van der Waals surface area contributed by atoms with E-state index in [0.717, 1.165) is 5.56 Å². The highest BCUT2D eigenvalue weighted by Gasteiger charge is 2.25. The third-order valence-electron chi connectivity index (χ3n) is 3.24. The number of rotatable bonds is 5. The van der Waals surface area contributed by atoms with Gasteiger partial charge in [-0.25, -0.2) is 0 Å². The van der Waals surface area contributed by atoms with Crippen molar-refractivity contribution in [2.45, 2.75) is 19.4 Å². The zero-order valence-corrected chi connectivity index (χ0v) is 12.0. The van der Waals surface area contributed by atoms with Crippen molar-refractivity contribution in [3.63, 3.8) is 0 Å². The second-order valence-electron chi connectivity index (χ2n) is 5.19. The quantitative estimate of drug-likeness (QED) is 0.788. The van der Waals surface area contributed by atoms with Crippen LogP contribution in [0.4, 0.5) is 0 Å². The number of primary amides is 1. The molecule has 20 heavy (non-hydrogen) atoms. The zero-order chi connectivity index (χ0) is 15.3. The van der Waals surface area contributed by atoms with Crippen LogP contribution in [0.3, 0.4) is 0 Å². The fourth-order valence-corrected chi connectivity index (χ4v) is 1.44. The summed E-state index contributed by atoms with van der Waals surface area (Å²) in [6.07, 6.45) is 3.08. The first kappa shape index (κ1) is 15.9. The smallest absolute Gasteiger partial charge is 0.248 e. The minimum absolute atomic E-state index is 0.115. The van der Waals surface area contributed by atoms with Crippen molar-refractivity contribution in [1.82, 2.24) is 4.90 Å². The van der Waals surface area contributed by atoms with Gasteiger partial charge in [0.2, 0.25) is 11.8 Å². The minimum atomic E-state index is -0.614. The number of carbonyl (C=O) groups is 2. The van der Waals surface area contributed by atoms with Gasteiger partial charge in [-0.05, 0) is 37.6 Å². The summed E-state index contributed by atoms with van der Waals surface area (Å²) >= 11 is 0. The summed E-state index contributed by atoms with van der Waals surface area (Å²) in [5.74, 6) is -0.691. The maximum absolute atomic E-state index is 12.0. The van der Waals surface area contributed by atoms with Crippen LogP contribution < -0.4 is 5.73 Å². The first-order valence-electron chi connectivity index (χ1n) is 6.24. The van der Waals surface area contributed by atoms with Crippen LogP contribution in [0.2, 0.25) is 0 Å².